The van der Waals surface area contributed by atoms with Crippen molar-refractivity contribution in [2.45, 2.75) is 19.6 Å². The summed E-state index contributed by atoms with van der Waals surface area (Å²) < 4.78 is 44.2. The van der Waals surface area contributed by atoms with Crippen LogP contribution in [0.5, 0.6) is 0 Å². The predicted molar refractivity (Wildman–Crippen MR) is 49.8 cm³/mol. The van der Waals surface area contributed by atoms with Gasteiger partial charge in [-0.15, -0.1) is 0 Å². The molecule has 0 aliphatic carbocycles. The summed E-state index contributed by atoms with van der Waals surface area (Å²) in [5, 5.41) is 6.60. The maximum absolute atomic E-state index is 11.7. The summed E-state index contributed by atoms with van der Waals surface area (Å²) in [4.78, 5) is 0. The van der Waals surface area contributed by atoms with Gasteiger partial charge in [0.2, 0.25) is 0 Å². The summed E-state index contributed by atoms with van der Waals surface area (Å²) >= 11 is 0. The molecule has 0 saturated carbocycles. The van der Waals surface area contributed by atoms with E-state index in [4.69, 9.17) is 4.52 Å². The molecule has 0 atom stereocenters. The number of alkyl halides is 3. The molecule has 16 heavy (non-hydrogen) atoms. The van der Waals surface area contributed by atoms with Crippen molar-refractivity contribution < 1.29 is 22.4 Å². The van der Waals surface area contributed by atoms with Gasteiger partial charge in [0.15, 0.2) is 0 Å². The minimum Gasteiger partial charge on any atom is -0.371 e. The Bertz CT molecular complexity index is 312. The Morgan fingerprint density at radius 1 is 1.50 bits per heavy atom. The summed E-state index contributed by atoms with van der Waals surface area (Å²) in [7, 11) is 0. The zero-order valence-corrected chi connectivity index (χ0v) is 8.80. The van der Waals surface area contributed by atoms with Crippen LogP contribution in [0.4, 0.5) is 13.2 Å². The van der Waals surface area contributed by atoms with Gasteiger partial charge in [0.05, 0.1) is 12.3 Å². The second kappa shape index (κ2) is 5.86. The number of nitrogens with zero attached hydrogens (tertiary/aromatic N) is 1. The van der Waals surface area contributed by atoms with E-state index >= 15 is 0 Å². The van der Waals surface area contributed by atoms with E-state index in [2.05, 4.69) is 15.2 Å². The second-order valence-corrected chi connectivity index (χ2v) is 3.27. The number of hydrogen-bond donors (Lipinski definition) is 1. The van der Waals surface area contributed by atoms with Gasteiger partial charge in [-0.25, -0.2) is 0 Å². The first-order valence-electron chi connectivity index (χ1n) is 4.75. The number of nitrogens with one attached hydrogen (secondary N) is 1. The quantitative estimate of drug-likeness (QED) is 0.765. The van der Waals surface area contributed by atoms with E-state index < -0.39 is 12.8 Å². The largest absolute Gasteiger partial charge is 0.411 e. The lowest BCUT2D eigenvalue weighted by Crippen LogP contribution is -2.23. The van der Waals surface area contributed by atoms with E-state index in [0.29, 0.717) is 24.5 Å². The fourth-order valence-corrected chi connectivity index (χ4v) is 1.05. The van der Waals surface area contributed by atoms with Crippen molar-refractivity contribution in [2.24, 2.45) is 0 Å². The smallest absolute Gasteiger partial charge is 0.371 e. The highest BCUT2D eigenvalue weighted by molar-refractivity contribution is 5.02. The topological polar surface area (TPSA) is 47.3 Å². The third-order valence-corrected chi connectivity index (χ3v) is 1.67. The van der Waals surface area contributed by atoms with E-state index in [1.165, 1.54) is 0 Å². The highest BCUT2D eigenvalue weighted by Gasteiger charge is 2.27. The maximum Gasteiger partial charge on any atom is 0.411 e. The fourth-order valence-electron chi connectivity index (χ4n) is 1.05. The first-order chi connectivity index (χ1) is 7.47. The van der Waals surface area contributed by atoms with Crippen molar-refractivity contribution in [1.29, 1.82) is 0 Å². The predicted octanol–water partition coefficient (Wildman–Crippen LogP) is 1.65. The van der Waals surface area contributed by atoms with E-state index in [-0.39, 0.29) is 6.61 Å². The Morgan fingerprint density at radius 3 is 2.81 bits per heavy atom. The molecule has 1 aromatic rings. The van der Waals surface area contributed by atoms with Crippen LogP contribution in [0.1, 0.15) is 11.5 Å². The van der Waals surface area contributed by atoms with Gasteiger partial charge in [-0.1, -0.05) is 5.16 Å². The molecular formula is C9H13F3N2O2. The van der Waals surface area contributed by atoms with E-state index in [1.807, 2.05) is 0 Å². The number of hydrogen-bond acceptors (Lipinski definition) is 4. The molecule has 0 spiro atoms. The van der Waals surface area contributed by atoms with Crippen molar-refractivity contribution in [3.63, 3.8) is 0 Å². The summed E-state index contributed by atoms with van der Waals surface area (Å²) in [6.07, 6.45) is -4.26. The number of aromatic nitrogens is 1. The van der Waals surface area contributed by atoms with Crippen molar-refractivity contribution in [3.8, 4) is 0 Å². The Balaban J connectivity index is 2.00. The maximum atomic E-state index is 11.7. The highest BCUT2D eigenvalue weighted by Crippen LogP contribution is 2.13. The lowest BCUT2D eigenvalue weighted by molar-refractivity contribution is -0.173. The molecule has 0 unspecified atom stereocenters. The third kappa shape index (κ3) is 5.72. The van der Waals surface area contributed by atoms with Gasteiger partial charge in [-0.3, -0.25) is 0 Å². The van der Waals surface area contributed by atoms with Gasteiger partial charge in [0.1, 0.15) is 12.4 Å². The monoisotopic (exact) mass is 238 g/mol. The molecule has 0 aliphatic heterocycles. The van der Waals surface area contributed by atoms with Crippen molar-refractivity contribution >= 4 is 0 Å². The average Bonchev–Trinajstić information content (AvgIpc) is 2.56. The lowest BCUT2D eigenvalue weighted by atomic mass is 10.4. The molecule has 0 fully saturated rings. The molecular weight excluding hydrogens is 225 g/mol. The van der Waals surface area contributed by atoms with Crippen LogP contribution in [-0.2, 0) is 11.3 Å². The second-order valence-electron chi connectivity index (χ2n) is 3.27. The van der Waals surface area contributed by atoms with Gasteiger partial charge in [-0.2, -0.15) is 13.2 Å². The molecule has 0 radical (unpaired) electrons. The molecule has 1 rings (SSSR count). The fraction of sp³-hybridized carbons (Fsp3) is 0.667. The molecule has 0 saturated heterocycles. The van der Waals surface area contributed by atoms with Crippen LogP contribution >= 0.6 is 0 Å². The Labute approximate surface area is 90.7 Å². The minimum absolute atomic E-state index is 0.0103. The molecule has 0 amide bonds. The van der Waals surface area contributed by atoms with Crippen LogP contribution in [0.2, 0.25) is 0 Å². The normalized spacial score (nSPS) is 12.0. The SMILES string of the molecule is Cc1cc(CNCCOCC(F)(F)F)no1. The zero-order valence-electron chi connectivity index (χ0n) is 8.80. The summed E-state index contributed by atoms with van der Waals surface area (Å²) in [6.45, 7) is 1.35. The van der Waals surface area contributed by atoms with Gasteiger partial charge in [0.25, 0.3) is 0 Å². The first kappa shape index (κ1) is 13.0. The van der Waals surface area contributed by atoms with Gasteiger partial charge < -0.3 is 14.6 Å². The Kier molecular flexibility index (Phi) is 4.75. The number of rotatable bonds is 6. The van der Waals surface area contributed by atoms with Crippen molar-refractivity contribution in [2.75, 3.05) is 19.8 Å². The van der Waals surface area contributed by atoms with Crippen LogP contribution in [-0.4, -0.2) is 31.1 Å². The van der Waals surface area contributed by atoms with Gasteiger partial charge in [-0.05, 0) is 6.92 Å². The Morgan fingerprint density at radius 2 is 2.25 bits per heavy atom. The van der Waals surface area contributed by atoms with E-state index in [1.54, 1.807) is 13.0 Å². The van der Waals surface area contributed by atoms with Crippen molar-refractivity contribution in [1.82, 2.24) is 10.5 Å². The average molecular weight is 238 g/mol. The first-order valence-corrected chi connectivity index (χ1v) is 4.75. The molecule has 0 bridgehead atoms. The molecule has 92 valence electrons. The lowest BCUT2D eigenvalue weighted by Gasteiger charge is -2.07. The van der Waals surface area contributed by atoms with Crippen molar-refractivity contribution in [3.05, 3.63) is 17.5 Å². The number of aryl methyl sites for hydroxylation is 1. The van der Waals surface area contributed by atoms with E-state index in [9.17, 15) is 13.2 Å². The standard InChI is InChI=1S/C9H13F3N2O2/c1-7-4-8(14-16-7)5-13-2-3-15-6-9(10,11)12/h4,13H,2-3,5-6H2,1H3. The minimum atomic E-state index is -4.26. The Hall–Kier alpha value is -1.08. The van der Waals surface area contributed by atoms with Crippen LogP contribution in [0.15, 0.2) is 10.6 Å². The molecule has 1 heterocycles. The third-order valence-electron chi connectivity index (χ3n) is 1.67. The van der Waals surface area contributed by atoms with Crippen LogP contribution < -0.4 is 5.32 Å². The highest BCUT2D eigenvalue weighted by atomic mass is 19.4. The van der Waals surface area contributed by atoms with Gasteiger partial charge in [0, 0.05) is 19.2 Å². The summed E-state index contributed by atoms with van der Waals surface area (Å²) in [6, 6.07) is 1.75. The van der Waals surface area contributed by atoms with Crippen LogP contribution in [0.25, 0.3) is 0 Å². The summed E-state index contributed by atoms with van der Waals surface area (Å²) in [5.41, 5.74) is 0.716. The van der Waals surface area contributed by atoms with Crippen LogP contribution in [0.3, 0.4) is 0 Å². The molecule has 0 aromatic carbocycles. The molecule has 0 aliphatic rings. The number of halogens is 3. The molecule has 7 heteroatoms. The molecule has 1 aromatic heterocycles. The van der Waals surface area contributed by atoms with Gasteiger partial charge >= 0.3 is 6.18 Å². The van der Waals surface area contributed by atoms with Crippen LogP contribution in [0, 0.1) is 6.92 Å². The summed E-state index contributed by atoms with van der Waals surface area (Å²) in [5.74, 6) is 0.699. The van der Waals surface area contributed by atoms with E-state index in [0.717, 1.165) is 0 Å². The number of ether oxygens (including phenoxy) is 1. The molecule has 4 nitrogen and oxygen atoms in total. The zero-order chi connectivity index (χ0) is 12.0. The molecule has 1 N–H and O–H groups in total.